The average molecular weight is 200 g/mol. The van der Waals surface area contributed by atoms with Crippen LogP contribution in [0.15, 0.2) is 30.3 Å². The van der Waals surface area contributed by atoms with Crippen molar-refractivity contribution in [2.45, 2.75) is 0 Å². The van der Waals surface area contributed by atoms with Crippen molar-refractivity contribution in [3.05, 3.63) is 30.3 Å². The van der Waals surface area contributed by atoms with Gasteiger partial charge in [0.25, 0.3) is 0 Å². The second kappa shape index (κ2) is 4.61. The zero-order chi connectivity index (χ0) is 7.61. The Morgan fingerprint density at radius 2 is 1.55 bits per heavy atom. The molecule has 11 heavy (non-hydrogen) atoms. The minimum absolute atomic E-state index is 0. The van der Waals surface area contributed by atoms with Crippen LogP contribution in [0.25, 0.3) is 0 Å². The van der Waals surface area contributed by atoms with E-state index >= 15 is 0 Å². The fourth-order valence-electron chi connectivity index (χ4n) is 0.622. The zero-order valence-electron chi connectivity index (χ0n) is 5.14. The van der Waals surface area contributed by atoms with Crippen LogP contribution in [0.5, 0.6) is 0 Å². The summed E-state index contributed by atoms with van der Waals surface area (Å²) >= 11 is 0. The van der Waals surface area contributed by atoms with Crippen LogP contribution >= 0.6 is 7.60 Å². The van der Waals surface area contributed by atoms with Crippen LogP contribution in [-0.2, 0) is 4.57 Å². The Balaban J connectivity index is 0.000001000. The molecule has 0 aliphatic heterocycles. The molecule has 0 bridgehead atoms. The van der Waals surface area contributed by atoms with Gasteiger partial charge in [0, 0.05) is 0 Å². The molecule has 0 saturated heterocycles. The van der Waals surface area contributed by atoms with E-state index in [1.165, 1.54) is 12.1 Å². The van der Waals surface area contributed by atoms with Gasteiger partial charge in [0.1, 0.15) is 0 Å². The van der Waals surface area contributed by atoms with Crippen LogP contribution in [0.4, 0.5) is 0 Å². The summed E-state index contributed by atoms with van der Waals surface area (Å²) in [5, 5.41) is 0.0648. The molecule has 1 aromatic rings. The molecule has 1 aromatic carbocycles. The van der Waals surface area contributed by atoms with Gasteiger partial charge in [-0.2, -0.15) is 0 Å². The van der Waals surface area contributed by atoms with E-state index in [-0.39, 0.29) is 43.0 Å². The summed E-state index contributed by atoms with van der Waals surface area (Å²) < 4.78 is 10.5. The van der Waals surface area contributed by atoms with Gasteiger partial charge in [-0.1, -0.05) is 18.2 Å². The van der Waals surface area contributed by atoms with Crippen molar-refractivity contribution in [1.82, 2.24) is 0 Å². The normalized spacial score (nSPS) is 10.4. The van der Waals surface area contributed by atoms with Crippen LogP contribution in [0.1, 0.15) is 0 Å². The molecule has 0 amide bonds. The molecule has 3 nitrogen and oxygen atoms in total. The molecule has 0 fully saturated rings. The van der Waals surface area contributed by atoms with Crippen LogP contribution in [0.2, 0.25) is 0 Å². The summed E-state index contributed by atoms with van der Waals surface area (Å²) in [5.41, 5.74) is 0. The Morgan fingerprint density at radius 1 is 1.09 bits per heavy atom. The summed E-state index contributed by atoms with van der Waals surface area (Å²) in [6, 6.07) is 7.70. The van der Waals surface area contributed by atoms with Crippen LogP contribution in [0, 0.1) is 0 Å². The molecule has 0 aliphatic rings. The van der Waals surface area contributed by atoms with Gasteiger partial charge < -0.3 is 9.79 Å². The van der Waals surface area contributed by atoms with E-state index in [0.717, 1.165) is 0 Å². The number of hydrogen-bond donors (Lipinski definition) is 2. The molecule has 2 N–H and O–H groups in total. The van der Waals surface area contributed by atoms with Crippen molar-refractivity contribution in [2.24, 2.45) is 0 Å². The Labute approximate surface area is 94.6 Å². The molecule has 0 saturated carbocycles. The first-order valence-corrected chi connectivity index (χ1v) is 4.33. The molecule has 0 atom stereocenters. The summed E-state index contributed by atoms with van der Waals surface area (Å²) in [6.07, 6.45) is 0. The maximum atomic E-state index is 10.5. The second-order valence-electron chi connectivity index (χ2n) is 1.88. The van der Waals surface area contributed by atoms with Crippen molar-refractivity contribution in [3.63, 3.8) is 0 Å². The second-order valence-corrected chi connectivity index (χ2v) is 3.48. The van der Waals surface area contributed by atoms with Gasteiger partial charge in [0.2, 0.25) is 0 Å². The van der Waals surface area contributed by atoms with E-state index in [2.05, 4.69) is 0 Å². The van der Waals surface area contributed by atoms with Crippen molar-refractivity contribution in [1.29, 1.82) is 0 Å². The first-order valence-electron chi connectivity index (χ1n) is 2.72. The standard InChI is InChI=1S/C6H7O3P.Ca.2H/c7-10(8,9)6-4-2-1-3-5-6;;;/h1-5H,(H2,7,8,9);;;. The van der Waals surface area contributed by atoms with E-state index in [9.17, 15) is 4.57 Å². The summed E-state index contributed by atoms with van der Waals surface area (Å²) in [4.78, 5) is 17.2. The quantitative estimate of drug-likeness (QED) is 0.478. The molecule has 0 unspecified atom stereocenters. The van der Waals surface area contributed by atoms with Gasteiger partial charge in [-0.3, -0.25) is 4.57 Å². The Hall–Kier alpha value is 0.630. The minimum atomic E-state index is -4.02. The number of benzene rings is 1. The third-order valence-corrected chi connectivity index (χ3v) is 2.06. The van der Waals surface area contributed by atoms with Crippen molar-refractivity contribution < 1.29 is 14.4 Å². The number of rotatable bonds is 1. The monoisotopic (exact) mass is 200 g/mol. The van der Waals surface area contributed by atoms with E-state index in [1.807, 2.05) is 0 Å². The molecular formula is C6H9CaO3P. The topological polar surface area (TPSA) is 57.5 Å². The van der Waals surface area contributed by atoms with Crippen molar-refractivity contribution >= 4 is 50.6 Å². The van der Waals surface area contributed by atoms with Gasteiger partial charge >= 0.3 is 45.3 Å². The average Bonchev–Trinajstić information content (AvgIpc) is 1.88. The molecular weight excluding hydrogens is 191 g/mol. The molecule has 0 spiro atoms. The first-order chi connectivity index (χ1) is 4.61. The van der Waals surface area contributed by atoms with Crippen molar-refractivity contribution in [2.75, 3.05) is 0 Å². The third kappa shape index (κ3) is 3.70. The predicted molar refractivity (Wildman–Crippen MR) is 46.7 cm³/mol. The fraction of sp³-hybridized carbons (Fsp3) is 0. The third-order valence-electron chi connectivity index (χ3n) is 1.09. The molecule has 1 rings (SSSR count). The molecule has 0 radical (unpaired) electrons. The van der Waals surface area contributed by atoms with E-state index in [0.29, 0.717) is 0 Å². The van der Waals surface area contributed by atoms with E-state index in [1.54, 1.807) is 18.2 Å². The van der Waals surface area contributed by atoms with Crippen LogP contribution in [0.3, 0.4) is 0 Å². The molecule has 0 aromatic heterocycles. The summed E-state index contributed by atoms with van der Waals surface area (Å²) in [5.74, 6) is 0. The van der Waals surface area contributed by atoms with E-state index in [4.69, 9.17) is 9.79 Å². The van der Waals surface area contributed by atoms with E-state index < -0.39 is 7.60 Å². The van der Waals surface area contributed by atoms with Crippen molar-refractivity contribution in [3.8, 4) is 0 Å². The molecule has 0 aliphatic carbocycles. The van der Waals surface area contributed by atoms with Crippen LogP contribution in [-0.4, -0.2) is 47.5 Å². The Kier molecular flexibility index (Phi) is 4.87. The van der Waals surface area contributed by atoms with Gasteiger partial charge in [0.05, 0.1) is 5.30 Å². The Morgan fingerprint density at radius 3 is 1.82 bits per heavy atom. The maximum absolute atomic E-state index is 10.5. The molecule has 5 heteroatoms. The van der Waals surface area contributed by atoms with Gasteiger partial charge in [-0.15, -0.1) is 0 Å². The SMILES string of the molecule is O=P(O)(O)c1ccccc1.[CaH2]. The van der Waals surface area contributed by atoms with Gasteiger partial charge in [0.15, 0.2) is 0 Å². The Bertz CT molecular complexity index is 256. The zero-order valence-corrected chi connectivity index (χ0v) is 6.03. The van der Waals surface area contributed by atoms with Gasteiger partial charge in [-0.05, 0) is 12.1 Å². The molecule has 58 valence electrons. The molecule has 0 heterocycles. The predicted octanol–water partition coefficient (Wildman–Crippen LogP) is -0.427. The van der Waals surface area contributed by atoms with Crippen LogP contribution < -0.4 is 5.30 Å². The fourth-order valence-corrected chi connectivity index (χ4v) is 1.18. The summed E-state index contributed by atoms with van der Waals surface area (Å²) in [6.45, 7) is 0. The first kappa shape index (κ1) is 11.6. The summed E-state index contributed by atoms with van der Waals surface area (Å²) in [7, 11) is -4.02. The van der Waals surface area contributed by atoms with Gasteiger partial charge in [-0.25, -0.2) is 0 Å². The number of hydrogen-bond acceptors (Lipinski definition) is 1.